The third-order valence-electron chi connectivity index (χ3n) is 5.13. The van der Waals surface area contributed by atoms with Gasteiger partial charge in [-0.05, 0) is 12.8 Å². The van der Waals surface area contributed by atoms with E-state index in [0.29, 0.717) is 6.42 Å². The molecule has 0 aliphatic heterocycles. The van der Waals surface area contributed by atoms with Crippen LogP contribution in [0.5, 0.6) is 0 Å². The molecule has 0 amide bonds. The molecule has 2 rings (SSSR count). The van der Waals surface area contributed by atoms with Crippen molar-refractivity contribution in [3.05, 3.63) is 32.6 Å². The molecule has 1 saturated carbocycles. The van der Waals surface area contributed by atoms with Crippen LogP contribution in [0.15, 0.2) is 15.8 Å². The lowest BCUT2D eigenvalue weighted by Gasteiger charge is -2.24. The summed E-state index contributed by atoms with van der Waals surface area (Å²) in [6, 6.07) is -0.536. The predicted octanol–water partition coefficient (Wildman–Crippen LogP) is 2.57. The maximum absolute atomic E-state index is 12.9. The van der Waals surface area contributed by atoms with Crippen LogP contribution >= 0.6 is 23.5 Å². The van der Waals surface area contributed by atoms with Crippen molar-refractivity contribution < 1.29 is 50.0 Å². The lowest BCUT2D eigenvalue weighted by molar-refractivity contribution is 0.0778. The Balaban J connectivity index is 2.16. The van der Waals surface area contributed by atoms with Crippen LogP contribution in [-0.2, 0) is 44.9 Å². The predicted molar refractivity (Wildman–Crippen MR) is 125 cm³/mol. The van der Waals surface area contributed by atoms with E-state index in [1.165, 1.54) is 10.8 Å². The van der Waals surface area contributed by atoms with E-state index in [2.05, 4.69) is 34.7 Å². The summed E-state index contributed by atoms with van der Waals surface area (Å²) in [4.78, 5) is 26.5. The maximum Gasteiger partial charge on any atom is 0.492 e. The van der Waals surface area contributed by atoms with Crippen molar-refractivity contribution in [2.75, 3.05) is 35.0 Å². The fourth-order valence-corrected chi connectivity index (χ4v) is 7.77. The molecule has 0 spiro atoms. The van der Waals surface area contributed by atoms with Crippen LogP contribution in [0.3, 0.4) is 0 Å². The number of H-pyrrole nitrogens is 1. The topological polar surface area (TPSA) is 191 Å². The molecule has 1 aromatic heterocycles. The van der Waals surface area contributed by atoms with Crippen molar-refractivity contribution in [2.24, 2.45) is 5.92 Å². The van der Waals surface area contributed by atoms with Crippen LogP contribution in [0.25, 0.3) is 0 Å². The Hall–Kier alpha value is -1.39. The highest BCUT2D eigenvalue weighted by Crippen LogP contribution is 2.72. The molecule has 0 radical (unpaired) electrons. The molecule has 0 saturated heterocycles. The molecule has 204 valence electrons. The van der Waals surface area contributed by atoms with Gasteiger partial charge in [-0.25, -0.2) is 18.5 Å². The van der Waals surface area contributed by atoms with E-state index >= 15 is 0 Å². The number of phosphoric acid groups is 3. The summed E-state index contributed by atoms with van der Waals surface area (Å²) in [6.45, 7) is 1.39. The summed E-state index contributed by atoms with van der Waals surface area (Å²) in [5.74, 6) is 4.77. The minimum absolute atomic E-state index is 0.0997. The van der Waals surface area contributed by atoms with E-state index in [0.717, 1.165) is 28.4 Å². The molecule has 1 aromatic rings. The molecule has 15 nitrogen and oxygen atoms in total. The molecule has 36 heavy (non-hydrogen) atoms. The first-order valence-electron chi connectivity index (χ1n) is 10.5. The Labute approximate surface area is 207 Å². The quantitative estimate of drug-likeness (QED) is 0.274. The molecule has 3 unspecified atom stereocenters. The monoisotopic (exact) mass is 574 g/mol. The van der Waals surface area contributed by atoms with E-state index in [-0.39, 0.29) is 18.4 Å². The van der Waals surface area contributed by atoms with E-state index < -0.39 is 59.4 Å². The Morgan fingerprint density at radius 2 is 1.58 bits per heavy atom. The Bertz CT molecular complexity index is 1230. The van der Waals surface area contributed by atoms with Gasteiger partial charge >= 0.3 is 29.2 Å². The number of hydrogen-bond donors (Lipinski definition) is 2. The number of aliphatic hydroxyl groups excluding tert-OH is 1. The van der Waals surface area contributed by atoms with Gasteiger partial charge in [-0.1, -0.05) is 18.8 Å². The SMILES string of the molecule is CCC#Cc1cn([C@H]2CC(O)[C@@H](COP(=O)(OC)OP(=O)(OC)OP(=O)(OC)OC)C2)c(=O)[nH]c1=O. The summed E-state index contributed by atoms with van der Waals surface area (Å²) in [6.07, 6.45) is 1.12. The van der Waals surface area contributed by atoms with Crippen LogP contribution in [0.2, 0.25) is 0 Å². The van der Waals surface area contributed by atoms with Gasteiger partial charge < -0.3 is 5.11 Å². The minimum Gasteiger partial charge on any atom is -0.393 e. The van der Waals surface area contributed by atoms with Crippen molar-refractivity contribution in [3.8, 4) is 11.8 Å². The molecule has 18 heteroatoms. The first-order valence-corrected chi connectivity index (χ1v) is 14.9. The molecule has 2 N–H and O–H groups in total. The van der Waals surface area contributed by atoms with Gasteiger partial charge in [-0.3, -0.25) is 37.0 Å². The second-order valence-electron chi connectivity index (χ2n) is 7.35. The largest absolute Gasteiger partial charge is 0.492 e. The van der Waals surface area contributed by atoms with Gasteiger partial charge in [0.05, 0.1) is 12.7 Å². The maximum atomic E-state index is 12.9. The Kier molecular flexibility index (Phi) is 11.1. The molecule has 5 atom stereocenters. The van der Waals surface area contributed by atoms with Gasteiger partial charge in [0.15, 0.2) is 0 Å². The van der Waals surface area contributed by atoms with Gasteiger partial charge in [-0.2, -0.15) is 8.62 Å². The highest BCUT2D eigenvalue weighted by molar-refractivity contribution is 7.67. The summed E-state index contributed by atoms with van der Waals surface area (Å²) < 4.78 is 72.0. The van der Waals surface area contributed by atoms with E-state index in [9.17, 15) is 28.4 Å². The summed E-state index contributed by atoms with van der Waals surface area (Å²) in [5, 5.41) is 10.5. The number of phosphoric ester groups is 2. The van der Waals surface area contributed by atoms with Crippen LogP contribution < -0.4 is 11.2 Å². The van der Waals surface area contributed by atoms with Gasteiger partial charge in [0.25, 0.3) is 5.56 Å². The lowest BCUT2D eigenvalue weighted by atomic mass is 10.1. The zero-order chi connectivity index (χ0) is 27.1. The number of hydrogen-bond acceptors (Lipinski definition) is 13. The molecule has 0 bridgehead atoms. The number of aromatic amines is 1. The Morgan fingerprint density at radius 1 is 1.00 bits per heavy atom. The number of aliphatic hydroxyl groups is 1. The van der Waals surface area contributed by atoms with Crippen LogP contribution in [-0.4, -0.2) is 55.8 Å². The number of aromatic nitrogens is 2. The number of nitrogens with one attached hydrogen (secondary N) is 1. The first kappa shape index (κ1) is 30.8. The third-order valence-corrected chi connectivity index (χ3v) is 10.6. The number of rotatable bonds is 12. The number of nitrogens with zero attached hydrogens (tertiary/aromatic N) is 1. The van der Waals surface area contributed by atoms with Crippen molar-refractivity contribution in [1.29, 1.82) is 0 Å². The standard InChI is InChI=1S/C18H29N2O13P3/c1-6-7-8-13-11-20(18(23)19-17(13)22)15-9-14(16(21)10-15)12-31-35(25,29-4)33-36(26,30-5)32-34(24,27-2)28-3/h11,14-16,21H,6,9-10,12H2,1-5H3,(H,19,22,23)/t14-,15-,16?,35?,36?/m1/s1. The molecule has 1 fully saturated rings. The smallest absolute Gasteiger partial charge is 0.393 e. The van der Waals surface area contributed by atoms with Crippen LogP contribution in [0.4, 0.5) is 0 Å². The minimum atomic E-state index is -4.84. The van der Waals surface area contributed by atoms with Gasteiger partial charge in [0, 0.05) is 53.0 Å². The summed E-state index contributed by atoms with van der Waals surface area (Å²) >= 11 is 0. The van der Waals surface area contributed by atoms with Crippen molar-refractivity contribution in [3.63, 3.8) is 0 Å². The van der Waals surface area contributed by atoms with Crippen LogP contribution in [0.1, 0.15) is 37.8 Å². The summed E-state index contributed by atoms with van der Waals surface area (Å²) in [7, 11) is -10.2. The molecular weight excluding hydrogens is 545 g/mol. The van der Waals surface area contributed by atoms with Crippen molar-refractivity contribution in [2.45, 2.75) is 38.3 Å². The van der Waals surface area contributed by atoms with Gasteiger partial charge in [0.1, 0.15) is 5.56 Å². The highest BCUT2D eigenvalue weighted by Gasteiger charge is 2.46. The van der Waals surface area contributed by atoms with Crippen molar-refractivity contribution >= 4 is 23.5 Å². The third kappa shape index (κ3) is 7.81. The average molecular weight is 574 g/mol. The highest BCUT2D eigenvalue weighted by atomic mass is 31.3. The lowest BCUT2D eigenvalue weighted by Crippen LogP contribution is -2.33. The average Bonchev–Trinajstić information content (AvgIpc) is 3.22. The second-order valence-corrected chi connectivity index (χ2v) is 13.1. The zero-order valence-corrected chi connectivity index (χ0v) is 23.0. The van der Waals surface area contributed by atoms with E-state index in [1.54, 1.807) is 0 Å². The molecule has 1 aliphatic carbocycles. The summed E-state index contributed by atoms with van der Waals surface area (Å²) in [5.41, 5.74) is -1.20. The van der Waals surface area contributed by atoms with Crippen LogP contribution in [0, 0.1) is 17.8 Å². The fourth-order valence-electron chi connectivity index (χ4n) is 3.27. The van der Waals surface area contributed by atoms with E-state index in [1.807, 2.05) is 6.92 Å². The van der Waals surface area contributed by atoms with E-state index in [4.69, 9.17) is 13.4 Å². The Morgan fingerprint density at radius 3 is 2.14 bits per heavy atom. The first-order chi connectivity index (χ1) is 16.9. The van der Waals surface area contributed by atoms with Crippen molar-refractivity contribution in [1.82, 2.24) is 9.55 Å². The zero-order valence-electron chi connectivity index (χ0n) is 20.3. The molecule has 1 heterocycles. The molecule has 0 aromatic carbocycles. The van der Waals surface area contributed by atoms with Gasteiger partial charge in [-0.15, -0.1) is 0 Å². The second kappa shape index (κ2) is 12.9. The fraction of sp³-hybridized carbons (Fsp3) is 0.667. The normalized spacial score (nSPS) is 23.4. The molecular formula is C18H29N2O13P3. The molecule has 1 aliphatic rings. The van der Waals surface area contributed by atoms with Gasteiger partial charge in [0.2, 0.25) is 0 Å².